The number of nitrogens with one attached hydrogen (secondary N) is 1. The van der Waals surface area contributed by atoms with Gasteiger partial charge < -0.3 is 10.4 Å². The van der Waals surface area contributed by atoms with E-state index in [1.807, 2.05) is 17.5 Å². The summed E-state index contributed by atoms with van der Waals surface area (Å²) in [7, 11) is 0. The summed E-state index contributed by atoms with van der Waals surface area (Å²) in [4.78, 5) is 1.11. The van der Waals surface area contributed by atoms with E-state index in [9.17, 15) is 13.2 Å². The van der Waals surface area contributed by atoms with Crippen LogP contribution in [0.3, 0.4) is 0 Å². The largest absolute Gasteiger partial charge is 0.415 e. The van der Waals surface area contributed by atoms with Gasteiger partial charge in [0.05, 0.1) is 0 Å². The van der Waals surface area contributed by atoms with Gasteiger partial charge in [-0.1, -0.05) is 6.07 Å². The minimum Gasteiger partial charge on any atom is -0.382 e. The highest BCUT2D eigenvalue weighted by molar-refractivity contribution is 7.09. The van der Waals surface area contributed by atoms with Crippen LogP contribution in [0.25, 0.3) is 0 Å². The Balaban J connectivity index is 2.12. The quantitative estimate of drug-likeness (QED) is 0.768. The number of alkyl halides is 3. The first kappa shape index (κ1) is 12.5. The van der Waals surface area contributed by atoms with Crippen LogP contribution in [-0.2, 0) is 6.42 Å². The minimum atomic E-state index is -4.53. The van der Waals surface area contributed by atoms with E-state index in [-0.39, 0.29) is 0 Å². The first-order chi connectivity index (χ1) is 7.00. The van der Waals surface area contributed by atoms with Crippen molar-refractivity contribution in [3.05, 3.63) is 22.4 Å². The number of rotatable bonds is 5. The van der Waals surface area contributed by atoms with E-state index in [0.717, 1.165) is 4.88 Å². The molecule has 86 valence electrons. The molecule has 1 aromatic rings. The molecule has 0 aliphatic carbocycles. The highest BCUT2D eigenvalue weighted by Gasteiger charge is 2.37. The molecule has 0 spiro atoms. The third-order valence-electron chi connectivity index (χ3n) is 1.84. The van der Waals surface area contributed by atoms with E-state index >= 15 is 0 Å². The number of aliphatic hydroxyl groups excluding tert-OH is 1. The van der Waals surface area contributed by atoms with Gasteiger partial charge >= 0.3 is 6.18 Å². The Kier molecular flexibility index (Phi) is 4.56. The Labute approximate surface area is 89.7 Å². The Bertz CT molecular complexity index is 273. The highest BCUT2D eigenvalue weighted by atomic mass is 32.1. The fourth-order valence-electron chi connectivity index (χ4n) is 1.02. The van der Waals surface area contributed by atoms with Crippen LogP contribution in [0.2, 0.25) is 0 Å². The lowest BCUT2D eigenvalue weighted by molar-refractivity contribution is -0.201. The van der Waals surface area contributed by atoms with E-state index in [4.69, 9.17) is 5.11 Å². The number of hydrogen-bond donors (Lipinski definition) is 2. The van der Waals surface area contributed by atoms with Crippen LogP contribution >= 0.6 is 11.3 Å². The SMILES string of the molecule is OC(CNCCc1cccs1)C(F)(F)F. The van der Waals surface area contributed by atoms with Crippen LogP contribution < -0.4 is 5.32 Å². The molecule has 1 atom stereocenters. The van der Waals surface area contributed by atoms with Crippen LogP contribution in [0.15, 0.2) is 17.5 Å². The number of thiophene rings is 1. The summed E-state index contributed by atoms with van der Waals surface area (Å²) in [6, 6.07) is 3.82. The van der Waals surface area contributed by atoms with Crippen LogP contribution in [0, 0.1) is 0 Å². The maximum atomic E-state index is 11.9. The van der Waals surface area contributed by atoms with E-state index in [1.165, 1.54) is 0 Å². The van der Waals surface area contributed by atoms with Crippen molar-refractivity contribution in [3.8, 4) is 0 Å². The molecule has 0 radical (unpaired) electrons. The molecule has 0 aromatic carbocycles. The zero-order valence-corrected chi connectivity index (χ0v) is 8.74. The Morgan fingerprint density at radius 3 is 2.73 bits per heavy atom. The molecular formula is C9H12F3NOS. The van der Waals surface area contributed by atoms with Crippen LogP contribution in [0.5, 0.6) is 0 Å². The molecule has 1 aromatic heterocycles. The second-order valence-corrected chi connectivity index (χ2v) is 4.12. The van der Waals surface area contributed by atoms with Gasteiger partial charge in [-0.3, -0.25) is 0 Å². The minimum absolute atomic E-state index is 0.438. The van der Waals surface area contributed by atoms with Gasteiger partial charge in [-0.05, 0) is 17.9 Å². The summed E-state index contributed by atoms with van der Waals surface area (Å²) >= 11 is 1.56. The van der Waals surface area contributed by atoms with Gasteiger partial charge in [0, 0.05) is 18.0 Å². The van der Waals surface area contributed by atoms with Gasteiger partial charge in [-0.15, -0.1) is 11.3 Å². The molecule has 0 fully saturated rings. The molecule has 2 nitrogen and oxygen atoms in total. The summed E-state index contributed by atoms with van der Waals surface area (Å²) < 4.78 is 35.6. The summed E-state index contributed by atoms with van der Waals surface area (Å²) in [6.45, 7) is -0.0114. The summed E-state index contributed by atoms with van der Waals surface area (Å²) in [5.41, 5.74) is 0. The maximum absolute atomic E-state index is 11.9. The molecule has 15 heavy (non-hydrogen) atoms. The molecule has 6 heteroatoms. The van der Waals surface area contributed by atoms with E-state index in [1.54, 1.807) is 11.3 Å². The van der Waals surface area contributed by atoms with Crippen LogP contribution in [-0.4, -0.2) is 30.5 Å². The third kappa shape index (κ3) is 4.63. The zero-order valence-electron chi connectivity index (χ0n) is 7.92. The van der Waals surface area contributed by atoms with Crippen molar-refractivity contribution in [2.24, 2.45) is 0 Å². The molecule has 0 saturated heterocycles. The molecule has 2 N–H and O–H groups in total. The lowest BCUT2D eigenvalue weighted by Gasteiger charge is -2.14. The van der Waals surface area contributed by atoms with Crippen molar-refractivity contribution in [1.82, 2.24) is 5.32 Å². The lowest BCUT2D eigenvalue weighted by atomic mass is 10.3. The second kappa shape index (κ2) is 5.48. The molecule has 0 amide bonds. The van der Waals surface area contributed by atoms with Crippen LogP contribution in [0.1, 0.15) is 4.88 Å². The second-order valence-electron chi connectivity index (χ2n) is 3.09. The number of hydrogen-bond acceptors (Lipinski definition) is 3. The van der Waals surface area contributed by atoms with Gasteiger partial charge in [0.25, 0.3) is 0 Å². The molecule has 0 aliphatic rings. The molecule has 0 bridgehead atoms. The van der Waals surface area contributed by atoms with Crippen molar-refractivity contribution < 1.29 is 18.3 Å². The third-order valence-corrected chi connectivity index (χ3v) is 2.78. The van der Waals surface area contributed by atoms with Crippen LogP contribution in [0.4, 0.5) is 13.2 Å². The van der Waals surface area contributed by atoms with Crippen molar-refractivity contribution in [2.45, 2.75) is 18.7 Å². The fourth-order valence-corrected chi connectivity index (χ4v) is 1.73. The Morgan fingerprint density at radius 2 is 2.20 bits per heavy atom. The van der Waals surface area contributed by atoms with Gasteiger partial charge in [-0.25, -0.2) is 0 Å². The van der Waals surface area contributed by atoms with Gasteiger partial charge in [0.15, 0.2) is 6.10 Å². The average Bonchev–Trinajstić information content (AvgIpc) is 2.63. The lowest BCUT2D eigenvalue weighted by Crippen LogP contribution is -2.38. The molecule has 1 unspecified atom stereocenters. The van der Waals surface area contributed by atoms with E-state index in [0.29, 0.717) is 13.0 Å². The monoisotopic (exact) mass is 239 g/mol. The molecule has 1 heterocycles. The maximum Gasteiger partial charge on any atom is 0.415 e. The highest BCUT2D eigenvalue weighted by Crippen LogP contribution is 2.19. The number of aliphatic hydroxyl groups is 1. The topological polar surface area (TPSA) is 32.3 Å². The fraction of sp³-hybridized carbons (Fsp3) is 0.556. The molecule has 0 aliphatic heterocycles. The first-order valence-electron chi connectivity index (χ1n) is 4.48. The number of halogens is 3. The van der Waals surface area contributed by atoms with Crippen molar-refractivity contribution in [3.63, 3.8) is 0 Å². The van der Waals surface area contributed by atoms with Crippen molar-refractivity contribution >= 4 is 11.3 Å². The van der Waals surface area contributed by atoms with Gasteiger partial charge in [0.2, 0.25) is 0 Å². The zero-order chi connectivity index (χ0) is 11.3. The Morgan fingerprint density at radius 1 is 1.47 bits per heavy atom. The summed E-state index contributed by atoms with van der Waals surface area (Å²) in [5, 5.41) is 13.1. The van der Waals surface area contributed by atoms with Crippen molar-refractivity contribution in [2.75, 3.05) is 13.1 Å². The van der Waals surface area contributed by atoms with E-state index in [2.05, 4.69) is 5.32 Å². The predicted octanol–water partition coefficient (Wildman–Crippen LogP) is 1.80. The van der Waals surface area contributed by atoms with Gasteiger partial charge in [-0.2, -0.15) is 13.2 Å². The molecule has 1 rings (SSSR count). The predicted molar refractivity (Wildman–Crippen MR) is 53.0 cm³/mol. The summed E-state index contributed by atoms with van der Waals surface area (Å²) in [6.07, 6.45) is -6.13. The smallest absolute Gasteiger partial charge is 0.382 e. The average molecular weight is 239 g/mol. The summed E-state index contributed by atoms with van der Waals surface area (Å²) in [5.74, 6) is 0. The molecule has 0 saturated carbocycles. The first-order valence-corrected chi connectivity index (χ1v) is 5.36. The standard InChI is InChI=1S/C9H12F3NOS/c10-9(11,12)8(14)6-13-4-3-7-2-1-5-15-7/h1-2,5,8,13-14H,3-4,6H2. The van der Waals surface area contributed by atoms with Gasteiger partial charge in [0.1, 0.15) is 0 Å². The Hall–Kier alpha value is -0.590. The van der Waals surface area contributed by atoms with E-state index < -0.39 is 18.8 Å². The van der Waals surface area contributed by atoms with Crippen molar-refractivity contribution in [1.29, 1.82) is 0 Å². The molecular weight excluding hydrogens is 227 g/mol. The normalized spacial score (nSPS) is 14.1.